The number of carbonyl (C=O) groups excluding carboxylic acids is 2. The van der Waals surface area contributed by atoms with Crippen molar-refractivity contribution in [2.75, 3.05) is 11.9 Å². The van der Waals surface area contributed by atoms with Crippen LogP contribution in [-0.4, -0.2) is 28.3 Å². The van der Waals surface area contributed by atoms with Crippen molar-refractivity contribution in [2.24, 2.45) is 0 Å². The number of aryl methyl sites for hydroxylation is 1. The summed E-state index contributed by atoms with van der Waals surface area (Å²) in [5, 5.41) is 24.9. The van der Waals surface area contributed by atoms with E-state index in [1.807, 2.05) is 0 Å². The monoisotopic (exact) mass is 465 g/mol. The molecule has 0 spiro atoms. The lowest BCUT2D eigenvalue weighted by molar-refractivity contribution is -0.385. The highest BCUT2D eigenvalue weighted by atomic mass is 16.6. The Kier molecular flexibility index (Phi) is 7.49. The predicted octanol–water partition coefficient (Wildman–Crippen LogP) is 4.11. The van der Waals surface area contributed by atoms with Gasteiger partial charge in [0.25, 0.3) is 11.6 Å². The van der Waals surface area contributed by atoms with Crippen molar-refractivity contribution in [2.45, 2.75) is 13.0 Å². The van der Waals surface area contributed by atoms with Crippen molar-refractivity contribution in [1.82, 2.24) is 0 Å². The number of ether oxygens (including phenoxy) is 2. The predicted molar refractivity (Wildman–Crippen MR) is 120 cm³/mol. The van der Waals surface area contributed by atoms with Gasteiger partial charge in [-0.25, -0.2) is 4.79 Å². The second kappa shape index (κ2) is 10.7. The second-order valence-electron chi connectivity index (χ2n) is 7.06. The summed E-state index contributed by atoms with van der Waals surface area (Å²) in [7, 11) is 0. The van der Waals surface area contributed by atoms with Gasteiger partial charge in [0.05, 0.1) is 9.85 Å². The Hall–Kier alpha value is -4.80. The van der Waals surface area contributed by atoms with Crippen LogP contribution in [0.5, 0.6) is 5.75 Å². The van der Waals surface area contributed by atoms with Crippen molar-refractivity contribution in [1.29, 1.82) is 0 Å². The molecule has 11 nitrogen and oxygen atoms in total. The van der Waals surface area contributed by atoms with E-state index in [0.29, 0.717) is 11.1 Å². The molecular formula is C23H19N3O8. The van der Waals surface area contributed by atoms with Crippen molar-refractivity contribution in [3.8, 4) is 5.75 Å². The number of hydrogen-bond donors (Lipinski definition) is 1. The van der Waals surface area contributed by atoms with Crippen LogP contribution >= 0.6 is 0 Å². The molecule has 0 saturated carbocycles. The molecule has 1 N–H and O–H groups in total. The second-order valence-corrected chi connectivity index (χ2v) is 7.06. The van der Waals surface area contributed by atoms with E-state index in [-0.39, 0.29) is 22.8 Å². The summed E-state index contributed by atoms with van der Waals surface area (Å²) in [5.74, 6) is -1.93. The fourth-order valence-corrected chi connectivity index (χ4v) is 3.03. The van der Waals surface area contributed by atoms with Gasteiger partial charge in [-0.15, -0.1) is 0 Å². The average Bonchev–Trinajstić information content (AvgIpc) is 2.82. The minimum atomic E-state index is -1.45. The molecule has 3 aromatic carbocycles. The van der Waals surface area contributed by atoms with Crippen LogP contribution in [0.2, 0.25) is 0 Å². The summed E-state index contributed by atoms with van der Waals surface area (Å²) in [6.45, 7) is 0.969. The van der Waals surface area contributed by atoms with Crippen LogP contribution in [0.15, 0.2) is 72.8 Å². The van der Waals surface area contributed by atoms with Crippen molar-refractivity contribution in [3.63, 3.8) is 0 Å². The smallest absolute Gasteiger partial charge is 0.345 e. The van der Waals surface area contributed by atoms with Gasteiger partial charge < -0.3 is 14.8 Å². The van der Waals surface area contributed by atoms with Gasteiger partial charge in [0.2, 0.25) is 6.10 Å². The number of nitrogens with one attached hydrogen (secondary N) is 1. The third kappa shape index (κ3) is 5.91. The lowest BCUT2D eigenvalue weighted by Crippen LogP contribution is -2.28. The topological polar surface area (TPSA) is 151 Å². The molecule has 0 aromatic heterocycles. The van der Waals surface area contributed by atoms with Crippen molar-refractivity contribution >= 4 is 28.9 Å². The fraction of sp³-hybridized carbons (Fsp3) is 0.130. The number of rotatable bonds is 9. The number of benzene rings is 3. The Bertz CT molecular complexity index is 1230. The van der Waals surface area contributed by atoms with Gasteiger partial charge in [-0.3, -0.25) is 25.0 Å². The number of nitro benzene ring substituents is 2. The molecule has 11 heteroatoms. The zero-order valence-electron chi connectivity index (χ0n) is 17.9. The van der Waals surface area contributed by atoms with Crippen LogP contribution in [0.3, 0.4) is 0 Å². The van der Waals surface area contributed by atoms with Crippen LogP contribution in [0.25, 0.3) is 0 Å². The van der Waals surface area contributed by atoms with E-state index in [9.17, 15) is 29.8 Å². The van der Waals surface area contributed by atoms with E-state index >= 15 is 0 Å². The zero-order valence-corrected chi connectivity index (χ0v) is 17.9. The standard InChI is InChI=1S/C23H19N3O8/c1-15-11-12-17(19(13-15)26(31)32)24-23(28)22(16-7-3-2-4-8-16)34-21(27)14-33-20-10-6-5-9-18(20)25(29)30/h2-13,22H,14H2,1H3,(H,24,28). The normalized spacial score (nSPS) is 11.2. The SMILES string of the molecule is Cc1ccc(NC(=O)C(OC(=O)COc2ccccc2[N+](=O)[O-])c2ccccc2)c([N+](=O)[O-])c1. The Morgan fingerprint density at radius 3 is 2.24 bits per heavy atom. The van der Waals surface area contributed by atoms with E-state index in [0.717, 1.165) is 0 Å². The highest BCUT2D eigenvalue weighted by Gasteiger charge is 2.28. The van der Waals surface area contributed by atoms with Gasteiger partial charge in [0.15, 0.2) is 12.4 Å². The Morgan fingerprint density at radius 2 is 1.56 bits per heavy atom. The highest BCUT2D eigenvalue weighted by molar-refractivity contribution is 5.97. The number of carbonyl (C=O) groups is 2. The zero-order chi connectivity index (χ0) is 24.7. The summed E-state index contributed by atoms with van der Waals surface area (Å²) in [6, 6.07) is 17.8. The van der Waals surface area contributed by atoms with Gasteiger partial charge in [-0.1, -0.05) is 48.5 Å². The van der Waals surface area contributed by atoms with E-state index in [1.54, 1.807) is 43.3 Å². The molecule has 3 rings (SSSR count). The van der Waals surface area contributed by atoms with Crippen molar-refractivity contribution < 1.29 is 28.9 Å². The Balaban J connectivity index is 1.78. The lowest BCUT2D eigenvalue weighted by atomic mass is 10.1. The van der Waals surface area contributed by atoms with Gasteiger partial charge in [-0.2, -0.15) is 0 Å². The molecular weight excluding hydrogens is 446 g/mol. The van der Waals surface area contributed by atoms with E-state index < -0.39 is 34.4 Å². The molecule has 174 valence electrons. The number of esters is 1. The van der Waals surface area contributed by atoms with Gasteiger partial charge in [0.1, 0.15) is 5.69 Å². The molecule has 34 heavy (non-hydrogen) atoms. The summed E-state index contributed by atoms with van der Waals surface area (Å²) >= 11 is 0. The van der Waals surface area contributed by atoms with Crippen LogP contribution < -0.4 is 10.1 Å². The third-order valence-corrected chi connectivity index (χ3v) is 4.61. The van der Waals surface area contributed by atoms with Gasteiger partial charge in [0, 0.05) is 17.7 Å². The molecule has 0 aliphatic heterocycles. The molecule has 0 fully saturated rings. The van der Waals surface area contributed by atoms with Crippen LogP contribution in [-0.2, 0) is 14.3 Å². The Morgan fingerprint density at radius 1 is 0.912 bits per heavy atom. The summed E-state index contributed by atoms with van der Waals surface area (Å²) in [6.07, 6.45) is -1.45. The number of amides is 1. The van der Waals surface area contributed by atoms with Crippen LogP contribution in [0.4, 0.5) is 17.1 Å². The maximum absolute atomic E-state index is 13.0. The minimum Gasteiger partial charge on any atom is -0.475 e. The van der Waals surface area contributed by atoms with Crippen LogP contribution in [0, 0.1) is 27.2 Å². The number of hydrogen-bond acceptors (Lipinski definition) is 8. The number of anilines is 1. The maximum Gasteiger partial charge on any atom is 0.345 e. The first kappa shape index (κ1) is 23.9. The maximum atomic E-state index is 13.0. The lowest BCUT2D eigenvalue weighted by Gasteiger charge is -2.18. The fourth-order valence-electron chi connectivity index (χ4n) is 3.03. The van der Waals surface area contributed by atoms with Crippen molar-refractivity contribution in [3.05, 3.63) is 104 Å². The van der Waals surface area contributed by atoms with Gasteiger partial charge in [-0.05, 0) is 24.6 Å². The molecule has 0 aliphatic carbocycles. The first-order valence-electron chi connectivity index (χ1n) is 9.93. The molecule has 0 heterocycles. The van der Waals surface area contributed by atoms with E-state index in [2.05, 4.69) is 5.32 Å². The quantitative estimate of drug-likeness (QED) is 0.282. The van der Waals surface area contributed by atoms with Gasteiger partial charge >= 0.3 is 11.7 Å². The number of nitrogens with zero attached hydrogens (tertiary/aromatic N) is 2. The minimum absolute atomic E-state index is 0.0614. The average molecular weight is 465 g/mol. The highest BCUT2D eigenvalue weighted by Crippen LogP contribution is 2.28. The molecule has 1 atom stereocenters. The number of para-hydroxylation sites is 2. The molecule has 1 amide bonds. The summed E-state index contributed by atoms with van der Waals surface area (Å²) in [5.41, 5.74) is 0.232. The first-order chi connectivity index (χ1) is 16.3. The molecule has 0 aliphatic rings. The molecule has 0 saturated heterocycles. The molecule has 0 bridgehead atoms. The summed E-state index contributed by atoms with van der Waals surface area (Å²) < 4.78 is 10.5. The molecule has 1 unspecified atom stereocenters. The van der Waals surface area contributed by atoms with Crippen LogP contribution in [0.1, 0.15) is 17.2 Å². The number of nitro groups is 2. The Labute approximate surface area is 193 Å². The molecule has 3 aromatic rings. The molecule has 0 radical (unpaired) electrons. The van der Waals surface area contributed by atoms with E-state index in [4.69, 9.17) is 9.47 Å². The largest absolute Gasteiger partial charge is 0.475 e. The summed E-state index contributed by atoms with van der Waals surface area (Å²) in [4.78, 5) is 46.6. The first-order valence-corrected chi connectivity index (χ1v) is 9.93. The van der Waals surface area contributed by atoms with E-state index in [1.165, 1.54) is 36.4 Å². The third-order valence-electron chi connectivity index (χ3n) is 4.61.